The molecule has 0 saturated heterocycles. The Labute approximate surface area is 312 Å². The maximum atomic E-state index is 2.52. The minimum absolute atomic E-state index is 0.0649. The van der Waals surface area contributed by atoms with E-state index in [1.807, 2.05) is 0 Å². The van der Waals surface area contributed by atoms with E-state index in [4.69, 9.17) is 0 Å². The Hall–Kier alpha value is -6.32. The molecule has 0 unspecified atom stereocenters. The first-order chi connectivity index (χ1) is 25.9. The molecule has 0 spiro atoms. The molecule has 2 aliphatic heterocycles. The van der Waals surface area contributed by atoms with E-state index >= 15 is 0 Å². The molecule has 0 amide bonds. The Morgan fingerprint density at radius 3 is 1.74 bits per heavy atom. The molecule has 252 valence electrons. The Morgan fingerprint density at radius 1 is 0.415 bits per heavy atom. The lowest BCUT2D eigenvalue weighted by Crippen LogP contribution is -2.61. The topological polar surface area (TPSA) is 6.48 Å². The average molecular weight is 679 g/mol. The number of nitrogens with zero attached hydrogens (tertiary/aromatic N) is 2. The van der Waals surface area contributed by atoms with Gasteiger partial charge in [-0.1, -0.05) is 154 Å². The van der Waals surface area contributed by atoms with Gasteiger partial charge in [0.15, 0.2) is 0 Å². The fourth-order valence-corrected chi connectivity index (χ4v) is 8.60. The van der Waals surface area contributed by atoms with Crippen molar-refractivity contribution in [3.63, 3.8) is 0 Å². The van der Waals surface area contributed by atoms with Gasteiger partial charge in [0.2, 0.25) is 0 Å². The van der Waals surface area contributed by atoms with Crippen LogP contribution in [0.2, 0.25) is 0 Å². The first-order valence-electron chi connectivity index (χ1n) is 18.6. The van der Waals surface area contributed by atoms with Gasteiger partial charge < -0.3 is 9.80 Å². The minimum Gasteiger partial charge on any atom is -0.311 e. The number of hydrogen-bond donors (Lipinski definition) is 0. The summed E-state index contributed by atoms with van der Waals surface area (Å²) in [5.41, 5.74) is 17.4. The summed E-state index contributed by atoms with van der Waals surface area (Å²) in [6.07, 6.45) is 0. The van der Waals surface area contributed by atoms with Gasteiger partial charge in [0, 0.05) is 34.1 Å². The van der Waals surface area contributed by atoms with E-state index in [9.17, 15) is 0 Å². The standard InChI is InChI=1S/C50H39BN2/c1-50(2,3)38-32-47-49-48(33-38)53(40-28-25-36(26-29-40)42-22-14-18-35-17-10-11-21-41(35)42)45-24-13-12-23-43(45)51(49)44-31-37(34-15-6-4-7-16-34)27-30-46(44)52(47)39-19-8-5-9-20-39/h4-33H,1-3H3. The summed E-state index contributed by atoms with van der Waals surface area (Å²) in [5.74, 6) is 0. The lowest BCUT2D eigenvalue weighted by atomic mass is 9.33. The molecular formula is C50H39BN2. The van der Waals surface area contributed by atoms with Gasteiger partial charge in [-0.3, -0.25) is 0 Å². The van der Waals surface area contributed by atoms with Crippen molar-refractivity contribution in [2.75, 3.05) is 9.80 Å². The van der Waals surface area contributed by atoms with Crippen LogP contribution in [0.15, 0.2) is 182 Å². The van der Waals surface area contributed by atoms with Crippen molar-refractivity contribution in [3.8, 4) is 22.3 Å². The van der Waals surface area contributed by atoms with E-state index in [-0.39, 0.29) is 12.1 Å². The third-order valence-electron chi connectivity index (χ3n) is 11.2. The molecule has 0 bridgehead atoms. The Kier molecular flexibility index (Phi) is 7.20. The fourth-order valence-electron chi connectivity index (χ4n) is 8.60. The van der Waals surface area contributed by atoms with Gasteiger partial charge in [-0.15, -0.1) is 0 Å². The second-order valence-electron chi connectivity index (χ2n) is 15.4. The largest absolute Gasteiger partial charge is 0.311 e. The molecule has 3 heteroatoms. The smallest absolute Gasteiger partial charge is 0.252 e. The van der Waals surface area contributed by atoms with Crippen molar-refractivity contribution < 1.29 is 0 Å². The number of benzene rings is 8. The van der Waals surface area contributed by atoms with E-state index in [1.165, 1.54) is 77.7 Å². The molecule has 2 aliphatic rings. The predicted molar refractivity (Wildman–Crippen MR) is 228 cm³/mol. The van der Waals surface area contributed by atoms with Crippen LogP contribution in [-0.2, 0) is 5.41 Å². The second-order valence-corrected chi connectivity index (χ2v) is 15.4. The van der Waals surface area contributed by atoms with Gasteiger partial charge in [-0.25, -0.2) is 0 Å². The van der Waals surface area contributed by atoms with Crippen molar-refractivity contribution in [1.29, 1.82) is 0 Å². The van der Waals surface area contributed by atoms with E-state index < -0.39 is 0 Å². The number of rotatable bonds is 4. The van der Waals surface area contributed by atoms with Crippen LogP contribution < -0.4 is 26.2 Å². The highest BCUT2D eigenvalue weighted by Crippen LogP contribution is 2.46. The molecule has 0 radical (unpaired) electrons. The highest BCUT2D eigenvalue weighted by Gasteiger charge is 2.44. The number of para-hydroxylation sites is 2. The Bertz CT molecular complexity index is 2650. The second kappa shape index (κ2) is 12.1. The molecule has 8 aromatic carbocycles. The fraction of sp³-hybridized carbons (Fsp3) is 0.0800. The molecule has 53 heavy (non-hydrogen) atoms. The highest BCUT2D eigenvalue weighted by atomic mass is 15.2. The summed E-state index contributed by atoms with van der Waals surface area (Å²) in [6, 6.07) is 67.2. The zero-order chi connectivity index (χ0) is 35.7. The predicted octanol–water partition coefficient (Wildman–Crippen LogP) is 11.6. The zero-order valence-corrected chi connectivity index (χ0v) is 30.3. The van der Waals surface area contributed by atoms with Crippen molar-refractivity contribution >= 4 is 68.0 Å². The molecule has 0 atom stereocenters. The van der Waals surface area contributed by atoms with Gasteiger partial charge in [0.25, 0.3) is 6.71 Å². The molecule has 2 nitrogen and oxygen atoms in total. The number of anilines is 6. The zero-order valence-electron chi connectivity index (χ0n) is 30.3. The monoisotopic (exact) mass is 678 g/mol. The van der Waals surface area contributed by atoms with Crippen LogP contribution in [0.3, 0.4) is 0 Å². The van der Waals surface area contributed by atoms with Crippen LogP contribution in [0.4, 0.5) is 34.1 Å². The molecule has 0 aliphatic carbocycles. The van der Waals surface area contributed by atoms with Gasteiger partial charge in [-0.2, -0.15) is 0 Å². The van der Waals surface area contributed by atoms with Gasteiger partial charge in [-0.05, 0) is 109 Å². The molecule has 8 aromatic rings. The summed E-state index contributed by atoms with van der Waals surface area (Å²) in [6.45, 7) is 7.05. The van der Waals surface area contributed by atoms with Crippen LogP contribution in [0.1, 0.15) is 26.3 Å². The first-order valence-corrected chi connectivity index (χ1v) is 18.6. The van der Waals surface area contributed by atoms with Gasteiger partial charge in [0.1, 0.15) is 0 Å². The molecule has 0 fully saturated rings. The molecule has 0 N–H and O–H groups in total. The normalized spacial score (nSPS) is 13.1. The average Bonchev–Trinajstić information content (AvgIpc) is 3.20. The number of hydrogen-bond acceptors (Lipinski definition) is 2. The van der Waals surface area contributed by atoms with Crippen LogP contribution >= 0.6 is 0 Å². The van der Waals surface area contributed by atoms with Gasteiger partial charge in [0.05, 0.1) is 0 Å². The minimum atomic E-state index is -0.0678. The summed E-state index contributed by atoms with van der Waals surface area (Å²) in [5, 5.41) is 2.53. The van der Waals surface area contributed by atoms with Crippen LogP contribution in [-0.4, -0.2) is 6.71 Å². The quantitative estimate of drug-likeness (QED) is 0.171. The van der Waals surface area contributed by atoms with E-state index in [0.29, 0.717) is 0 Å². The van der Waals surface area contributed by atoms with E-state index in [0.717, 1.165) is 11.4 Å². The molecule has 0 saturated carbocycles. The molecule has 2 heterocycles. The van der Waals surface area contributed by atoms with E-state index in [2.05, 4.69) is 213 Å². The van der Waals surface area contributed by atoms with Gasteiger partial charge >= 0.3 is 0 Å². The van der Waals surface area contributed by atoms with E-state index in [1.54, 1.807) is 0 Å². The maximum Gasteiger partial charge on any atom is 0.252 e. The molecular weight excluding hydrogens is 639 g/mol. The van der Waals surface area contributed by atoms with Crippen LogP contribution in [0, 0.1) is 0 Å². The Morgan fingerprint density at radius 2 is 1.00 bits per heavy atom. The molecule has 10 rings (SSSR count). The van der Waals surface area contributed by atoms with Crippen LogP contribution in [0.5, 0.6) is 0 Å². The lowest BCUT2D eigenvalue weighted by Gasteiger charge is -2.45. The lowest BCUT2D eigenvalue weighted by molar-refractivity contribution is 0.590. The third kappa shape index (κ3) is 5.10. The summed E-state index contributed by atoms with van der Waals surface area (Å²) < 4.78 is 0. The van der Waals surface area contributed by atoms with Crippen LogP contribution in [0.25, 0.3) is 33.0 Å². The summed E-state index contributed by atoms with van der Waals surface area (Å²) >= 11 is 0. The summed E-state index contributed by atoms with van der Waals surface area (Å²) in [4.78, 5) is 5.02. The number of fused-ring (bicyclic) bond motifs is 5. The van der Waals surface area contributed by atoms with Crippen molar-refractivity contribution in [2.24, 2.45) is 0 Å². The van der Waals surface area contributed by atoms with Crippen molar-refractivity contribution in [1.82, 2.24) is 0 Å². The SMILES string of the molecule is CC(C)(C)c1cc2c3c(c1)N(c1ccccc1)c1ccc(-c4ccccc4)cc1B3c1ccccc1N2c1ccc(-c2cccc3ccccc23)cc1. The molecule has 0 aromatic heterocycles. The third-order valence-corrected chi connectivity index (χ3v) is 11.2. The summed E-state index contributed by atoms with van der Waals surface area (Å²) in [7, 11) is 0. The maximum absolute atomic E-state index is 2.52. The first kappa shape index (κ1) is 31.4. The van der Waals surface area contributed by atoms with Crippen molar-refractivity contribution in [3.05, 3.63) is 188 Å². The Balaban J connectivity index is 1.23. The highest BCUT2D eigenvalue weighted by molar-refractivity contribution is 7.00. The van der Waals surface area contributed by atoms with Crippen molar-refractivity contribution in [2.45, 2.75) is 26.2 Å².